The van der Waals surface area contributed by atoms with E-state index in [0.29, 0.717) is 25.2 Å². The zero-order valence-electron chi connectivity index (χ0n) is 14.1. The highest BCUT2D eigenvalue weighted by Crippen LogP contribution is 2.47. The highest BCUT2D eigenvalue weighted by atomic mass is 16.4. The number of hydrogen-bond donors (Lipinski definition) is 2. The van der Waals surface area contributed by atoms with Gasteiger partial charge in [0.05, 0.1) is 11.3 Å². The van der Waals surface area contributed by atoms with Crippen molar-refractivity contribution in [3.05, 3.63) is 0 Å². The van der Waals surface area contributed by atoms with Crippen molar-refractivity contribution in [3.63, 3.8) is 0 Å². The van der Waals surface area contributed by atoms with Gasteiger partial charge in [0.1, 0.15) is 0 Å². The van der Waals surface area contributed by atoms with Crippen LogP contribution in [0.5, 0.6) is 0 Å². The predicted octanol–water partition coefficient (Wildman–Crippen LogP) is 4.72. The van der Waals surface area contributed by atoms with Crippen molar-refractivity contribution in [1.82, 2.24) is 0 Å². The van der Waals surface area contributed by atoms with E-state index >= 15 is 0 Å². The Morgan fingerprint density at radius 2 is 1.82 bits per heavy atom. The maximum Gasteiger partial charge on any atom is 0.310 e. The zero-order chi connectivity index (χ0) is 16.6. The van der Waals surface area contributed by atoms with Crippen LogP contribution in [0.4, 0.5) is 0 Å². The maximum atomic E-state index is 12.0. The van der Waals surface area contributed by atoms with Crippen LogP contribution in [0.15, 0.2) is 0 Å². The summed E-state index contributed by atoms with van der Waals surface area (Å²) in [4.78, 5) is 23.6. The van der Waals surface area contributed by atoms with Crippen molar-refractivity contribution >= 4 is 11.9 Å². The van der Waals surface area contributed by atoms with E-state index in [-0.39, 0.29) is 0 Å². The Hall–Kier alpha value is -1.06. The van der Waals surface area contributed by atoms with Gasteiger partial charge in [-0.05, 0) is 25.2 Å². The van der Waals surface area contributed by atoms with Crippen molar-refractivity contribution in [2.24, 2.45) is 17.3 Å². The van der Waals surface area contributed by atoms with Crippen LogP contribution in [0.25, 0.3) is 0 Å². The monoisotopic (exact) mass is 312 g/mol. The molecule has 4 heteroatoms. The highest BCUT2D eigenvalue weighted by Gasteiger charge is 2.51. The molecule has 22 heavy (non-hydrogen) atoms. The average molecular weight is 312 g/mol. The molecule has 4 nitrogen and oxygen atoms in total. The van der Waals surface area contributed by atoms with Crippen molar-refractivity contribution in [1.29, 1.82) is 0 Å². The molecule has 0 radical (unpaired) electrons. The maximum absolute atomic E-state index is 12.0. The Labute approximate surface area is 134 Å². The Kier molecular flexibility index (Phi) is 7.91. The third-order valence-electron chi connectivity index (χ3n) is 5.32. The van der Waals surface area contributed by atoms with Gasteiger partial charge in [0.25, 0.3) is 0 Å². The van der Waals surface area contributed by atoms with Gasteiger partial charge >= 0.3 is 11.9 Å². The third-order valence-corrected chi connectivity index (χ3v) is 5.32. The molecule has 3 unspecified atom stereocenters. The summed E-state index contributed by atoms with van der Waals surface area (Å²) in [5.41, 5.74) is -1.05. The number of aliphatic carboxylic acids is 2. The molecule has 1 aliphatic rings. The van der Waals surface area contributed by atoms with Crippen molar-refractivity contribution in [2.45, 2.75) is 84.5 Å². The van der Waals surface area contributed by atoms with E-state index in [4.69, 9.17) is 0 Å². The summed E-state index contributed by atoms with van der Waals surface area (Å²) in [5, 5.41) is 19.3. The van der Waals surface area contributed by atoms with E-state index in [9.17, 15) is 19.8 Å². The minimum Gasteiger partial charge on any atom is -0.481 e. The Balaban J connectivity index is 2.90. The smallest absolute Gasteiger partial charge is 0.310 e. The molecule has 0 saturated heterocycles. The summed E-state index contributed by atoms with van der Waals surface area (Å²) in [6.45, 7) is 4.28. The fraction of sp³-hybridized carbons (Fsp3) is 0.889. The van der Waals surface area contributed by atoms with Crippen LogP contribution in [0.3, 0.4) is 0 Å². The van der Waals surface area contributed by atoms with E-state index in [1.807, 2.05) is 0 Å². The van der Waals surface area contributed by atoms with Gasteiger partial charge in [0, 0.05) is 0 Å². The first-order valence-electron chi connectivity index (χ1n) is 8.94. The van der Waals surface area contributed by atoms with E-state index in [2.05, 4.69) is 13.8 Å². The second kappa shape index (κ2) is 9.16. The molecule has 128 valence electrons. The highest BCUT2D eigenvalue weighted by molar-refractivity contribution is 5.83. The van der Waals surface area contributed by atoms with Gasteiger partial charge in [-0.2, -0.15) is 0 Å². The quantitative estimate of drug-likeness (QED) is 0.572. The van der Waals surface area contributed by atoms with Crippen LogP contribution in [-0.4, -0.2) is 22.2 Å². The van der Waals surface area contributed by atoms with Crippen molar-refractivity contribution < 1.29 is 19.8 Å². The van der Waals surface area contributed by atoms with Gasteiger partial charge < -0.3 is 10.2 Å². The molecule has 0 aromatic carbocycles. The number of unbranched alkanes of at least 4 members (excludes halogenated alkanes) is 2. The molecular weight excluding hydrogens is 280 g/mol. The topological polar surface area (TPSA) is 74.6 Å². The molecular formula is C18H32O4. The largest absolute Gasteiger partial charge is 0.481 e. The van der Waals surface area contributed by atoms with E-state index in [1.165, 1.54) is 6.42 Å². The first kappa shape index (κ1) is 19.0. The first-order chi connectivity index (χ1) is 10.5. The number of rotatable bonds is 10. The van der Waals surface area contributed by atoms with Gasteiger partial charge in [-0.3, -0.25) is 9.59 Å². The predicted molar refractivity (Wildman–Crippen MR) is 86.8 cm³/mol. The van der Waals surface area contributed by atoms with Crippen LogP contribution in [0.1, 0.15) is 84.5 Å². The molecule has 0 aliphatic heterocycles. The lowest BCUT2D eigenvalue weighted by Gasteiger charge is -2.40. The van der Waals surface area contributed by atoms with Crippen LogP contribution >= 0.6 is 0 Å². The molecule has 0 aromatic heterocycles. The first-order valence-corrected chi connectivity index (χ1v) is 8.94. The molecule has 0 bridgehead atoms. The molecule has 3 atom stereocenters. The normalized spacial score (nSPS) is 26.5. The van der Waals surface area contributed by atoms with E-state index < -0.39 is 23.3 Å². The standard InChI is InChI=1S/C18H32O4/c1-3-5-6-10-14(9-4-2)13-18(17(21)22)12-8-7-11-15(18)16(19)20/h14-15H,3-13H2,1-2H3,(H,19,20)(H,21,22). The molecule has 0 heterocycles. The third kappa shape index (κ3) is 4.72. The van der Waals surface area contributed by atoms with Gasteiger partial charge in [0.15, 0.2) is 0 Å². The van der Waals surface area contributed by atoms with Crippen LogP contribution < -0.4 is 0 Å². The Morgan fingerprint density at radius 1 is 1.09 bits per heavy atom. The number of carboxylic acid groups (broad SMARTS) is 2. The lowest BCUT2D eigenvalue weighted by atomic mass is 9.61. The lowest BCUT2D eigenvalue weighted by Crippen LogP contribution is -2.46. The molecule has 1 saturated carbocycles. The fourth-order valence-corrected chi connectivity index (χ4v) is 4.14. The minimum atomic E-state index is -1.05. The van der Waals surface area contributed by atoms with Gasteiger partial charge in [0.2, 0.25) is 0 Å². The van der Waals surface area contributed by atoms with Gasteiger partial charge in [-0.1, -0.05) is 65.2 Å². The molecule has 1 fully saturated rings. The molecule has 0 amide bonds. The van der Waals surface area contributed by atoms with Crippen LogP contribution in [-0.2, 0) is 9.59 Å². The molecule has 0 aromatic rings. The number of carbonyl (C=O) groups is 2. The Bertz CT molecular complexity index is 366. The van der Waals surface area contributed by atoms with Crippen LogP contribution in [0.2, 0.25) is 0 Å². The molecule has 0 spiro atoms. The van der Waals surface area contributed by atoms with Crippen molar-refractivity contribution in [2.75, 3.05) is 0 Å². The summed E-state index contributed by atoms with van der Waals surface area (Å²) >= 11 is 0. The lowest BCUT2D eigenvalue weighted by molar-refractivity contribution is -0.168. The van der Waals surface area contributed by atoms with E-state index in [1.54, 1.807) is 0 Å². The molecule has 1 rings (SSSR count). The van der Waals surface area contributed by atoms with Gasteiger partial charge in [-0.25, -0.2) is 0 Å². The summed E-state index contributed by atoms with van der Waals surface area (Å²) in [7, 11) is 0. The number of carboxylic acids is 2. The molecule has 1 aliphatic carbocycles. The Morgan fingerprint density at radius 3 is 2.36 bits per heavy atom. The zero-order valence-corrected chi connectivity index (χ0v) is 14.1. The molecule has 2 N–H and O–H groups in total. The SMILES string of the molecule is CCCCCC(CCC)CC1(C(=O)O)CCCCC1C(=O)O. The average Bonchev–Trinajstić information content (AvgIpc) is 2.47. The summed E-state index contributed by atoms with van der Waals surface area (Å²) in [6.07, 6.45) is 9.75. The summed E-state index contributed by atoms with van der Waals surface area (Å²) in [5.74, 6) is -2.20. The second-order valence-electron chi connectivity index (χ2n) is 6.95. The van der Waals surface area contributed by atoms with Crippen molar-refractivity contribution in [3.8, 4) is 0 Å². The minimum absolute atomic E-state index is 0.340. The van der Waals surface area contributed by atoms with Crippen LogP contribution in [0, 0.1) is 17.3 Å². The second-order valence-corrected chi connectivity index (χ2v) is 6.95. The van der Waals surface area contributed by atoms with Gasteiger partial charge in [-0.15, -0.1) is 0 Å². The summed E-state index contributed by atoms with van der Waals surface area (Å²) in [6, 6.07) is 0. The van der Waals surface area contributed by atoms with E-state index in [0.717, 1.165) is 44.9 Å². The number of hydrogen-bond acceptors (Lipinski definition) is 2. The fourth-order valence-electron chi connectivity index (χ4n) is 4.14. The summed E-state index contributed by atoms with van der Waals surface area (Å²) < 4.78 is 0.